The molecule has 3 aromatic rings. The van der Waals surface area contributed by atoms with E-state index in [0.717, 1.165) is 48.8 Å². The summed E-state index contributed by atoms with van der Waals surface area (Å²) in [5.41, 5.74) is 1.34. The highest BCUT2D eigenvalue weighted by atomic mass is 16.6. The SMILES string of the molecule is CC(C)Cc1cccc2cc(Cn3cccc(CC(=O)[C@H](CC/C=C/C(=O)N4CCCC4)NC(=O)OCCO)c3=O)n(C(=O)OC(C)(C)C)c12. The molecule has 0 saturated carbocycles. The number of ether oxygens (including phenoxy) is 2. The third-order valence-electron chi connectivity index (χ3n) is 8.29. The molecule has 3 heterocycles. The molecule has 0 aliphatic carbocycles. The summed E-state index contributed by atoms with van der Waals surface area (Å²) in [6.07, 6.45) is 6.27. The number of hydrogen-bond donors (Lipinski definition) is 2. The second-order valence-electron chi connectivity index (χ2n) is 14.1. The van der Waals surface area contributed by atoms with Gasteiger partial charge in [-0.25, -0.2) is 14.2 Å². The smallest absolute Gasteiger partial charge is 0.419 e. The van der Waals surface area contributed by atoms with E-state index >= 15 is 0 Å². The van der Waals surface area contributed by atoms with E-state index in [1.807, 2.05) is 24.3 Å². The normalized spacial score (nSPS) is 14.0. The Labute approximate surface area is 293 Å². The van der Waals surface area contributed by atoms with Crippen molar-refractivity contribution in [1.82, 2.24) is 19.4 Å². The molecule has 2 aromatic heterocycles. The first kappa shape index (κ1) is 38.1. The predicted molar refractivity (Wildman–Crippen MR) is 190 cm³/mol. The summed E-state index contributed by atoms with van der Waals surface area (Å²) in [5, 5.41) is 12.4. The lowest BCUT2D eigenvalue weighted by Gasteiger charge is -2.22. The monoisotopic (exact) mass is 690 g/mol. The van der Waals surface area contributed by atoms with E-state index < -0.39 is 35.2 Å². The molecule has 4 rings (SSSR count). The van der Waals surface area contributed by atoms with Crippen molar-refractivity contribution in [1.29, 1.82) is 0 Å². The number of para-hydroxylation sites is 1. The third kappa shape index (κ3) is 10.4. The molecule has 2 amide bonds. The van der Waals surface area contributed by atoms with Crippen molar-refractivity contribution in [3.05, 3.63) is 81.9 Å². The Hall–Kier alpha value is -4.71. The van der Waals surface area contributed by atoms with E-state index in [1.165, 1.54) is 10.6 Å². The number of aliphatic hydroxyl groups is 1. The number of benzene rings is 1. The van der Waals surface area contributed by atoms with Crippen molar-refractivity contribution in [2.45, 2.75) is 91.3 Å². The molecule has 1 saturated heterocycles. The number of aliphatic hydroxyl groups excluding tert-OH is 1. The van der Waals surface area contributed by atoms with Crippen LogP contribution in [0.5, 0.6) is 0 Å². The zero-order valence-corrected chi connectivity index (χ0v) is 29.8. The van der Waals surface area contributed by atoms with Crippen LogP contribution in [0.2, 0.25) is 0 Å². The molecule has 12 nitrogen and oxygen atoms in total. The van der Waals surface area contributed by atoms with Crippen LogP contribution in [0.15, 0.2) is 59.5 Å². The number of carbonyl (C=O) groups excluding carboxylic acids is 4. The summed E-state index contributed by atoms with van der Waals surface area (Å²) in [5.74, 6) is -0.167. The Kier molecular flexibility index (Phi) is 13.2. The van der Waals surface area contributed by atoms with Gasteiger partial charge in [-0.15, -0.1) is 0 Å². The van der Waals surface area contributed by atoms with Crippen molar-refractivity contribution in [3.63, 3.8) is 0 Å². The Morgan fingerprint density at radius 2 is 1.76 bits per heavy atom. The molecule has 270 valence electrons. The van der Waals surface area contributed by atoms with Gasteiger partial charge < -0.3 is 29.4 Å². The molecule has 0 bridgehead atoms. The van der Waals surface area contributed by atoms with E-state index in [0.29, 0.717) is 18.0 Å². The second-order valence-corrected chi connectivity index (χ2v) is 14.1. The molecule has 12 heteroatoms. The molecule has 1 aliphatic heterocycles. The van der Waals surface area contributed by atoms with Crippen LogP contribution >= 0.6 is 0 Å². The minimum absolute atomic E-state index is 0.0426. The van der Waals surface area contributed by atoms with Gasteiger partial charge >= 0.3 is 12.2 Å². The maximum absolute atomic E-state index is 13.8. The number of nitrogens with zero attached hydrogens (tertiary/aromatic N) is 3. The number of Topliss-reactive ketones (excluding diaryl/α,β-unsaturated/α-hetero) is 1. The lowest BCUT2D eigenvalue weighted by atomic mass is 10.0. The summed E-state index contributed by atoms with van der Waals surface area (Å²) in [6.45, 7) is 10.5. The fourth-order valence-corrected chi connectivity index (χ4v) is 6.08. The van der Waals surface area contributed by atoms with Gasteiger partial charge in [0.05, 0.1) is 30.4 Å². The van der Waals surface area contributed by atoms with E-state index in [1.54, 1.807) is 54.6 Å². The molecule has 1 fully saturated rings. The summed E-state index contributed by atoms with van der Waals surface area (Å²) in [6, 6.07) is 9.99. The van der Waals surface area contributed by atoms with Gasteiger partial charge in [0.1, 0.15) is 12.2 Å². The van der Waals surface area contributed by atoms with Crippen LogP contribution in [0.1, 0.15) is 77.1 Å². The van der Waals surface area contributed by atoms with Crippen LogP contribution in [-0.2, 0) is 38.4 Å². The first-order valence-electron chi connectivity index (χ1n) is 17.3. The average molecular weight is 691 g/mol. The average Bonchev–Trinajstić information content (AvgIpc) is 3.71. The summed E-state index contributed by atoms with van der Waals surface area (Å²) >= 11 is 0. The van der Waals surface area contributed by atoms with Gasteiger partial charge in [-0.05, 0) is 82.6 Å². The molecular weight excluding hydrogens is 640 g/mol. The minimum atomic E-state index is -1.00. The highest BCUT2D eigenvalue weighted by molar-refractivity contribution is 5.93. The zero-order valence-electron chi connectivity index (χ0n) is 29.8. The van der Waals surface area contributed by atoms with Gasteiger partial charge in [-0.1, -0.05) is 44.2 Å². The van der Waals surface area contributed by atoms with Gasteiger partial charge in [0.2, 0.25) is 5.91 Å². The molecule has 0 unspecified atom stereocenters. The predicted octanol–water partition coefficient (Wildman–Crippen LogP) is 4.99. The van der Waals surface area contributed by atoms with Gasteiger partial charge in [0, 0.05) is 36.7 Å². The van der Waals surface area contributed by atoms with E-state index in [2.05, 4.69) is 19.2 Å². The van der Waals surface area contributed by atoms with E-state index in [4.69, 9.17) is 14.6 Å². The molecule has 1 atom stereocenters. The van der Waals surface area contributed by atoms with Crippen molar-refractivity contribution in [2.75, 3.05) is 26.3 Å². The Morgan fingerprint density at radius 3 is 2.44 bits per heavy atom. The summed E-state index contributed by atoms with van der Waals surface area (Å²) < 4.78 is 13.7. The number of aromatic nitrogens is 2. The number of likely N-dealkylation sites (tertiary alicyclic amines) is 1. The molecular formula is C38H50N4O8. The highest BCUT2D eigenvalue weighted by Gasteiger charge is 2.26. The molecule has 1 aliphatic rings. The van der Waals surface area contributed by atoms with Gasteiger partial charge in [-0.2, -0.15) is 0 Å². The van der Waals surface area contributed by atoms with Crippen LogP contribution in [0.25, 0.3) is 10.9 Å². The quantitative estimate of drug-likeness (QED) is 0.225. The fourth-order valence-electron chi connectivity index (χ4n) is 6.08. The Balaban J connectivity index is 1.58. The van der Waals surface area contributed by atoms with Gasteiger partial charge in [0.25, 0.3) is 5.56 Å². The highest BCUT2D eigenvalue weighted by Crippen LogP contribution is 2.27. The van der Waals surface area contributed by atoms with E-state index in [9.17, 15) is 24.0 Å². The molecule has 50 heavy (non-hydrogen) atoms. The number of rotatable bonds is 14. The van der Waals surface area contributed by atoms with Crippen LogP contribution in [0.4, 0.5) is 9.59 Å². The van der Waals surface area contributed by atoms with Crippen molar-refractivity contribution < 1.29 is 33.8 Å². The van der Waals surface area contributed by atoms with Crippen LogP contribution < -0.4 is 10.9 Å². The fraction of sp³-hybridized carbons (Fsp3) is 0.500. The second kappa shape index (κ2) is 17.3. The Bertz CT molecular complexity index is 1760. The summed E-state index contributed by atoms with van der Waals surface area (Å²) in [4.78, 5) is 67.5. The largest absolute Gasteiger partial charge is 0.447 e. The number of alkyl carbamates (subject to hydrolysis) is 1. The third-order valence-corrected chi connectivity index (χ3v) is 8.29. The molecule has 0 spiro atoms. The zero-order chi connectivity index (χ0) is 36.4. The first-order chi connectivity index (χ1) is 23.8. The number of ketones is 1. The van der Waals surface area contributed by atoms with Crippen LogP contribution in [0, 0.1) is 5.92 Å². The summed E-state index contributed by atoms with van der Waals surface area (Å²) in [7, 11) is 0. The van der Waals surface area contributed by atoms with Gasteiger partial charge in [-0.3, -0.25) is 14.4 Å². The number of nitrogens with one attached hydrogen (secondary N) is 1. The number of amides is 2. The maximum Gasteiger partial charge on any atom is 0.419 e. The maximum atomic E-state index is 13.8. The lowest BCUT2D eigenvalue weighted by Crippen LogP contribution is -2.42. The molecule has 2 N–H and O–H groups in total. The van der Waals surface area contributed by atoms with Crippen molar-refractivity contribution >= 4 is 34.8 Å². The van der Waals surface area contributed by atoms with Crippen LogP contribution in [0.3, 0.4) is 0 Å². The molecule has 0 radical (unpaired) electrons. The van der Waals surface area contributed by atoms with Crippen LogP contribution in [-0.4, -0.2) is 81.0 Å². The number of hydrogen-bond acceptors (Lipinski definition) is 8. The van der Waals surface area contributed by atoms with Crippen molar-refractivity contribution in [3.8, 4) is 0 Å². The van der Waals surface area contributed by atoms with Crippen molar-refractivity contribution in [2.24, 2.45) is 5.92 Å². The number of carbonyl (C=O) groups is 4. The van der Waals surface area contributed by atoms with Gasteiger partial charge in [0.15, 0.2) is 5.78 Å². The molecule has 1 aromatic carbocycles. The lowest BCUT2D eigenvalue weighted by molar-refractivity contribution is -0.125. The van der Waals surface area contributed by atoms with E-state index in [-0.39, 0.29) is 44.1 Å². The standard InChI is InChI=1S/C38H50N4O8/c1-26(2)22-27-12-10-13-28-23-30(42(34(27)28)37(48)50-38(3,4)5)25-41-19-11-14-29(35(41)46)24-32(44)31(39-36(47)49-21-20-43)15-6-7-16-33(45)40-17-8-9-18-40/h7,10-14,16,19,23,26,31,43H,6,8-9,15,17-18,20-22,24-25H2,1-5H3,(H,39,47)/b16-7+/t31-/m0/s1. The number of fused-ring (bicyclic) bond motifs is 1. The first-order valence-corrected chi connectivity index (χ1v) is 17.3. The Morgan fingerprint density at radius 1 is 1.04 bits per heavy atom. The number of pyridine rings is 1. The number of allylic oxidation sites excluding steroid dienone is 1. The minimum Gasteiger partial charge on any atom is -0.447 e. The topological polar surface area (TPSA) is 149 Å².